The monoisotopic (exact) mass is 294 g/mol. The van der Waals surface area contributed by atoms with E-state index < -0.39 is 4.92 Å². The highest BCUT2D eigenvalue weighted by Crippen LogP contribution is 2.24. The van der Waals surface area contributed by atoms with Crippen LogP contribution in [0.2, 0.25) is 0 Å². The molecule has 3 rings (SSSR count). The van der Waals surface area contributed by atoms with Crippen LogP contribution in [0, 0.1) is 17.0 Å². The van der Waals surface area contributed by atoms with Crippen LogP contribution in [-0.2, 0) is 6.61 Å². The molecule has 0 aliphatic carbocycles. The van der Waals surface area contributed by atoms with Gasteiger partial charge in [-0.3, -0.25) is 15.1 Å². The Labute approximate surface area is 127 Å². The van der Waals surface area contributed by atoms with Crippen molar-refractivity contribution in [2.75, 3.05) is 0 Å². The summed E-state index contributed by atoms with van der Waals surface area (Å²) < 4.78 is 5.75. The molecule has 2 aromatic carbocycles. The second kappa shape index (κ2) is 5.81. The molecule has 1 aromatic heterocycles. The Hall–Kier alpha value is -2.95. The van der Waals surface area contributed by atoms with E-state index in [2.05, 4.69) is 4.98 Å². The van der Waals surface area contributed by atoms with Crippen LogP contribution in [0.5, 0.6) is 5.75 Å². The van der Waals surface area contributed by atoms with Gasteiger partial charge in [0.05, 0.1) is 10.4 Å². The van der Waals surface area contributed by atoms with Gasteiger partial charge in [-0.1, -0.05) is 24.3 Å². The van der Waals surface area contributed by atoms with Gasteiger partial charge in [0.15, 0.2) is 0 Å². The smallest absolute Gasteiger partial charge is 0.272 e. The van der Waals surface area contributed by atoms with Crippen molar-refractivity contribution in [3.05, 3.63) is 76.0 Å². The summed E-state index contributed by atoms with van der Waals surface area (Å²) in [4.78, 5) is 14.8. The molecule has 3 aromatic rings. The van der Waals surface area contributed by atoms with E-state index in [9.17, 15) is 10.1 Å². The number of fused-ring (bicyclic) bond motifs is 1. The van der Waals surface area contributed by atoms with Gasteiger partial charge in [0.2, 0.25) is 0 Å². The van der Waals surface area contributed by atoms with Gasteiger partial charge < -0.3 is 4.74 Å². The molecule has 5 heteroatoms. The van der Waals surface area contributed by atoms with Crippen molar-refractivity contribution >= 4 is 16.6 Å². The molecule has 0 aliphatic heterocycles. The first-order valence-corrected chi connectivity index (χ1v) is 6.85. The van der Waals surface area contributed by atoms with Crippen LogP contribution in [0.25, 0.3) is 10.9 Å². The van der Waals surface area contributed by atoms with Crippen molar-refractivity contribution < 1.29 is 9.66 Å². The van der Waals surface area contributed by atoms with Crippen LogP contribution >= 0.6 is 0 Å². The van der Waals surface area contributed by atoms with E-state index in [1.807, 2.05) is 30.3 Å². The van der Waals surface area contributed by atoms with Crippen LogP contribution in [-0.4, -0.2) is 9.91 Å². The Morgan fingerprint density at radius 1 is 1.18 bits per heavy atom. The molecule has 0 fully saturated rings. The predicted molar refractivity (Wildman–Crippen MR) is 83.9 cm³/mol. The van der Waals surface area contributed by atoms with Crippen molar-refractivity contribution in [2.24, 2.45) is 0 Å². The van der Waals surface area contributed by atoms with Crippen LogP contribution in [0.15, 0.2) is 54.7 Å². The number of ether oxygens (including phenoxy) is 1. The summed E-state index contributed by atoms with van der Waals surface area (Å²) in [6.07, 6.45) is 1.75. The fraction of sp³-hybridized carbons (Fsp3) is 0.118. The first kappa shape index (κ1) is 14.0. The molecule has 0 N–H and O–H groups in total. The zero-order valence-corrected chi connectivity index (χ0v) is 12.0. The van der Waals surface area contributed by atoms with E-state index in [4.69, 9.17) is 4.74 Å². The predicted octanol–water partition coefficient (Wildman–Crippen LogP) is 4.03. The number of aryl methyl sites for hydroxylation is 1. The highest BCUT2D eigenvalue weighted by Gasteiger charge is 2.11. The fourth-order valence-electron chi connectivity index (χ4n) is 2.37. The third-order valence-corrected chi connectivity index (χ3v) is 3.48. The van der Waals surface area contributed by atoms with Crippen LogP contribution < -0.4 is 4.74 Å². The number of para-hydroxylation sites is 1. The van der Waals surface area contributed by atoms with Crippen molar-refractivity contribution in [1.82, 2.24) is 4.98 Å². The lowest BCUT2D eigenvalue weighted by Gasteiger charge is -2.09. The maximum Gasteiger partial charge on any atom is 0.272 e. The number of nitrogens with zero attached hydrogens (tertiary/aromatic N) is 2. The van der Waals surface area contributed by atoms with Gasteiger partial charge in [-0.2, -0.15) is 0 Å². The average molecular weight is 294 g/mol. The first-order chi connectivity index (χ1) is 10.6. The summed E-state index contributed by atoms with van der Waals surface area (Å²) in [6.45, 7) is 2.07. The minimum Gasteiger partial charge on any atom is -0.489 e. The van der Waals surface area contributed by atoms with Gasteiger partial charge in [0.1, 0.15) is 12.4 Å². The SMILES string of the molecule is Cc1cc(OCc2cccc3cccnc23)ccc1[N+](=O)[O-]. The number of hydrogen-bond donors (Lipinski definition) is 0. The van der Waals surface area contributed by atoms with E-state index in [1.165, 1.54) is 6.07 Å². The molecule has 0 unspecified atom stereocenters. The molecule has 0 atom stereocenters. The Balaban J connectivity index is 1.82. The maximum absolute atomic E-state index is 10.8. The normalized spacial score (nSPS) is 10.6. The molecular weight excluding hydrogens is 280 g/mol. The van der Waals surface area contributed by atoms with Crippen molar-refractivity contribution in [1.29, 1.82) is 0 Å². The Morgan fingerprint density at radius 3 is 2.77 bits per heavy atom. The zero-order chi connectivity index (χ0) is 15.5. The number of pyridine rings is 1. The standard InChI is InChI=1S/C17H14N2O3/c1-12-10-15(7-8-16(12)19(20)21)22-11-14-5-2-4-13-6-3-9-18-17(13)14/h2-10H,11H2,1H3. The third kappa shape index (κ3) is 2.74. The number of nitro groups is 1. The molecule has 0 spiro atoms. The second-order valence-electron chi connectivity index (χ2n) is 4.99. The van der Waals surface area contributed by atoms with Crippen molar-refractivity contribution in [2.45, 2.75) is 13.5 Å². The van der Waals surface area contributed by atoms with Gasteiger partial charge in [0, 0.05) is 28.8 Å². The minimum absolute atomic E-state index is 0.0965. The Morgan fingerprint density at radius 2 is 2.00 bits per heavy atom. The van der Waals surface area contributed by atoms with Crippen LogP contribution in [0.3, 0.4) is 0 Å². The number of nitro benzene ring substituents is 1. The van der Waals surface area contributed by atoms with Gasteiger partial charge in [0.25, 0.3) is 5.69 Å². The lowest BCUT2D eigenvalue weighted by atomic mass is 10.1. The Bertz CT molecular complexity index is 841. The lowest BCUT2D eigenvalue weighted by molar-refractivity contribution is -0.385. The van der Waals surface area contributed by atoms with E-state index in [1.54, 1.807) is 25.3 Å². The van der Waals surface area contributed by atoms with Crippen molar-refractivity contribution in [3.8, 4) is 5.75 Å². The summed E-state index contributed by atoms with van der Waals surface area (Å²) in [5.74, 6) is 0.607. The number of benzene rings is 2. The lowest BCUT2D eigenvalue weighted by Crippen LogP contribution is -1.98. The van der Waals surface area contributed by atoms with Gasteiger partial charge in [-0.25, -0.2) is 0 Å². The quantitative estimate of drug-likeness (QED) is 0.538. The highest BCUT2D eigenvalue weighted by molar-refractivity contribution is 5.81. The third-order valence-electron chi connectivity index (χ3n) is 3.48. The Kier molecular flexibility index (Phi) is 3.70. The molecule has 0 aliphatic rings. The summed E-state index contributed by atoms with van der Waals surface area (Å²) in [7, 11) is 0. The molecule has 110 valence electrons. The van der Waals surface area contributed by atoms with E-state index in [0.717, 1.165) is 16.5 Å². The average Bonchev–Trinajstić information content (AvgIpc) is 2.52. The fourth-order valence-corrected chi connectivity index (χ4v) is 2.37. The molecular formula is C17H14N2O3. The number of rotatable bonds is 4. The molecule has 0 radical (unpaired) electrons. The molecule has 1 heterocycles. The first-order valence-electron chi connectivity index (χ1n) is 6.85. The van der Waals surface area contributed by atoms with Gasteiger partial charge in [-0.05, 0) is 25.1 Å². The van der Waals surface area contributed by atoms with E-state index in [-0.39, 0.29) is 5.69 Å². The van der Waals surface area contributed by atoms with Crippen molar-refractivity contribution in [3.63, 3.8) is 0 Å². The summed E-state index contributed by atoms with van der Waals surface area (Å²) in [5, 5.41) is 11.9. The number of aromatic nitrogens is 1. The molecule has 5 nitrogen and oxygen atoms in total. The van der Waals surface area contributed by atoms with E-state index >= 15 is 0 Å². The van der Waals surface area contributed by atoms with Gasteiger partial charge in [-0.15, -0.1) is 0 Å². The molecule has 0 amide bonds. The van der Waals surface area contributed by atoms with Gasteiger partial charge >= 0.3 is 0 Å². The summed E-state index contributed by atoms with van der Waals surface area (Å²) in [6, 6.07) is 14.6. The van der Waals surface area contributed by atoms with Crippen LogP contribution in [0.1, 0.15) is 11.1 Å². The molecule has 0 bridgehead atoms. The van der Waals surface area contributed by atoms with Crippen LogP contribution in [0.4, 0.5) is 5.69 Å². The highest BCUT2D eigenvalue weighted by atomic mass is 16.6. The maximum atomic E-state index is 10.8. The summed E-state index contributed by atoms with van der Waals surface area (Å²) in [5.41, 5.74) is 2.57. The second-order valence-corrected chi connectivity index (χ2v) is 4.99. The number of hydrogen-bond acceptors (Lipinski definition) is 4. The molecule has 0 saturated heterocycles. The zero-order valence-electron chi connectivity index (χ0n) is 12.0. The molecule has 0 saturated carbocycles. The largest absolute Gasteiger partial charge is 0.489 e. The molecule has 22 heavy (non-hydrogen) atoms. The van der Waals surface area contributed by atoms with E-state index in [0.29, 0.717) is 17.9 Å². The topological polar surface area (TPSA) is 65.3 Å². The summed E-state index contributed by atoms with van der Waals surface area (Å²) >= 11 is 0. The minimum atomic E-state index is -0.395.